The zero-order valence-corrected chi connectivity index (χ0v) is 9.80. The van der Waals surface area contributed by atoms with E-state index in [-0.39, 0.29) is 5.91 Å². The van der Waals surface area contributed by atoms with Gasteiger partial charge >= 0.3 is 0 Å². The maximum atomic E-state index is 11.3. The Balaban J connectivity index is 1.77. The van der Waals surface area contributed by atoms with Crippen molar-refractivity contribution in [1.82, 2.24) is 10.6 Å². The maximum absolute atomic E-state index is 11.3. The van der Waals surface area contributed by atoms with Crippen LogP contribution in [0.2, 0.25) is 0 Å². The second kappa shape index (κ2) is 8.12. The Morgan fingerprint density at radius 3 is 2.69 bits per heavy atom. The Hall–Kier alpha value is -1.08. The number of nitrogens with zero attached hydrogens (tertiary/aromatic N) is 1. The number of unbranched alkanes of at least 4 members (excludes halogenated alkanes) is 2. The lowest BCUT2D eigenvalue weighted by atomic mass is 10.2. The van der Waals surface area contributed by atoms with Gasteiger partial charge < -0.3 is 10.6 Å². The average molecular weight is 223 g/mol. The minimum atomic E-state index is 0.189. The van der Waals surface area contributed by atoms with Crippen molar-refractivity contribution in [2.75, 3.05) is 13.1 Å². The van der Waals surface area contributed by atoms with Crippen molar-refractivity contribution in [2.45, 2.75) is 51.0 Å². The maximum Gasteiger partial charge on any atom is 0.220 e. The van der Waals surface area contributed by atoms with E-state index in [1.807, 2.05) is 0 Å². The summed E-state index contributed by atoms with van der Waals surface area (Å²) in [6.45, 7) is 1.84. The van der Waals surface area contributed by atoms with Crippen LogP contribution in [0.3, 0.4) is 0 Å². The molecule has 1 amide bonds. The predicted molar refractivity (Wildman–Crippen MR) is 62.7 cm³/mol. The fourth-order valence-electron chi connectivity index (χ4n) is 1.48. The van der Waals surface area contributed by atoms with Gasteiger partial charge in [0.1, 0.15) is 0 Å². The number of carbonyl (C=O) groups is 1. The first kappa shape index (κ1) is 13.0. The molecule has 0 saturated heterocycles. The molecule has 0 radical (unpaired) electrons. The monoisotopic (exact) mass is 223 g/mol. The standard InChI is InChI=1S/C12H21N3O/c13-8-2-1-3-9-14-10-4-5-12(16)15-11-6-7-11/h11,14H,1-7,9-10H2,(H,15,16). The third-order valence-corrected chi connectivity index (χ3v) is 2.59. The lowest BCUT2D eigenvalue weighted by molar-refractivity contribution is -0.121. The Morgan fingerprint density at radius 1 is 1.25 bits per heavy atom. The van der Waals surface area contributed by atoms with Crippen LogP contribution in [0.15, 0.2) is 0 Å². The first-order chi connectivity index (χ1) is 7.83. The number of carbonyl (C=O) groups excluding carboxylic acids is 1. The summed E-state index contributed by atoms with van der Waals surface area (Å²) in [7, 11) is 0. The molecule has 0 aromatic rings. The highest BCUT2D eigenvalue weighted by atomic mass is 16.1. The largest absolute Gasteiger partial charge is 0.353 e. The fraction of sp³-hybridized carbons (Fsp3) is 0.833. The lowest BCUT2D eigenvalue weighted by Gasteiger charge is -2.04. The molecule has 1 aliphatic rings. The molecule has 0 spiro atoms. The van der Waals surface area contributed by atoms with Gasteiger partial charge in [-0.05, 0) is 45.2 Å². The second-order valence-corrected chi connectivity index (χ2v) is 4.31. The third-order valence-electron chi connectivity index (χ3n) is 2.59. The molecule has 4 nitrogen and oxygen atoms in total. The quantitative estimate of drug-likeness (QED) is 0.580. The highest BCUT2D eigenvalue weighted by molar-refractivity contribution is 5.76. The van der Waals surface area contributed by atoms with E-state index in [4.69, 9.17) is 5.26 Å². The summed E-state index contributed by atoms with van der Waals surface area (Å²) in [6, 6.07) is 2.61. The van der Waals surface area contributed by atoms with E-state index in [1.165, 1.54) is 0 Å². The van der Waals surface area contributed by atoms with Crippen molar-refractivity contribution >= 4 is 5.91 Å². The van der Waals surface area contributed by atoms with Crippen molar-refractivity contribution in [1.29, 1.82) is 5.26 Å². The number of amides is 1. The average Bonchev–Trinajstić information content (AvgIpc) is 3.06. The Morgan fingerprint density at radius 2 is 2.00 bits per heavy atom. The van der Waals surface area contributed by atoms with Crippen LogP contribution in [0.1, 0.15) is 44.9 Å². The molecule has 0 atom stereocenters. The Bertz CT molecular complexity index is 243. The first-order valence-corrected chi connectivity index (χ1v) is 6.20. The first-order valence-electron chi connectivity index (χ1n) is 6.20. The third kappa shape index (κ3) is 7.24. The van der Waals surface area contributed by atoms with Crippen LogP contribution in [-0.4, -0.2) is 25.0 Å². The predicted octanol–water partition coefficient (Wildman–Crippen LogP) is 1.33. The van der Waals surface area contributed by atoms with Gasteiger partial charge in [0.05, 0.1) is 6.07 Å². The lowest BCUT2D eigenvalue weighted by Crippen LogP contribution is -2.26. The molecular weight excluding hydrogens is 202 g/mol. The number of rotatable bonds is 9. The van der Waals surface area contributed by atoms with Gasteiger partial charge in [0.2, 0.25) is 5.91 Å². The number of nitrogens with one attached hydrogen (secondary N) is 2. The summed E-state index contributed by atoms with van der Waals surface area (Å²) in [6.07, 6.45) is 6.49. The zero-order valence-electron chi connectivity index (χ0n) is 9.80. The van der Waals surface area contributed by atoms with Gasteiger partial charge in [-0.25, -0.2) is 0 Å². The topological polar surface area (TPSA) is 64.9 Å². The van der Waals surface area contributed by atoms with Gasteiger partial charge in [0, 0.05) is 18.9 Å². The van der Waals surface area contributed by atoms with Gasteiger partial charge in [-0.1, -0.05) is 0 Å². The number of hydrogen-bond acceptors (Lipinski definition) is 3. The van der Waals surface area contributed by atoms with Crippen molar-refractivity contribution in [3.63, 3.8) is 0 Å². The van der Waals surface area contributed by atoms with Gasteiger partial charge in [0.15, 0.2) is 0 Å². The summed E-state index contributed by atoms with van der Waals surface area (Å²) in [5.74, 6) is 0.189. The van der Waals surface area contributed by atoms with Crippen molar-refractivity contribution in [2.24, 2.45) is 0 Å². The summed E-state index contributed by atoms with van der Waals surface area (Å²) < 4.78 is 0. The minimum Gasteiger partial charge on any atom is -0.353 e. The molecule has 16 heavy (non-hydrogen) atoms. The smallest absolute Gasteiger partial charge is 0.220 e. The molecule has 90 valence electrons. The van der Waals surface area contributed by atoms with Crippen LogP contribution < -0.4 is 10.6 Å². The Labute approximate surface area is 97.4 Å². The summed E-state index contributed by atoms with van der Waals surface area (Å²) in [4.78, 5) is 11.3. The van der Waals surface area contributed by atoms with Crippen molar-refractivity contribution in [3.8, 4) is 6.07 Å². The molecule has 1 rings (SSSR count). The van der Waals surface area contributed by atoms with Gasteiger partial charge in [-0.3, -0.25) is 4.79 Å². The molecule has 1 aliphatic carbocycles. The van der Waals surface area contributed by atoms with Crippen LogP contribution in [0, 0.1) is 11.3 Å². The van der Waals surface area contributed by atoms with Gasteiger partial charge in [0.25, 0.3) is 0 Å². The minimum absolute atomic E-state index is 0.189. The number of nitriles is 1. The second-order valence-electron chi connectivity index (χ2n) is 4.31. The van der Waals surface area contributed by atoms with Gasteiger partial charge in [-0.15, -0.1) is 0 Å². The molecule has 2 N–H and O–H groups in total. The van der Waals surface area contributed by atoms with E-state index in [1.54, 1.807) is 0 Å². The number of hydrogen-bond donors (Lipinski definition) is 2. The fourth-order valence-corrected chi connectivity index (χ4v) is 1.48. The van der Waals surface area contributed by atoms with Crippen molar-refractivity contribution < 1.29 is 4.79 Å². The molecule has 1 saturated carbocycles. The highest BCUT2D eigenvalue weighted by Crippen LogP contribution is 2.18. The van der Waals surface area contributed by atoms with Crippen molar-refractivity contribution in [3.05, 3.63) is 0 Å². The summed E-state index contributed by atoms with van der Waals surface area (Å²) in [5.41, 5.74) is 0. The van der Waals surface area contributed by atoms with E-state index >= 15 is 0 Å². The molecule has 0 heterocycles. The molecule has 0 bridgehead atoms. The van der Waals surface area contributed by atoms with Crippen LogP contribution in [-0.2, 0) is 4.79 Å². The Kier molecular flexibility index (Phi) is 6.59. The van der Waals surface area contributed by atoms with Crippen LogP contribution in [0.5, 0.6) is 0 Å². The highest BCUT2D eigenvalue weighted by Gasteiger charge is 2.22. The van der Waals surface area contributed by atoms with E-state index in [0.717, 1.165) is 45.2 Å². The zero-order chi connectivity index (χ0) is 11.6. The van der Waals surface area contributed by atoms with Crippen LogP contribution >= 0.6 is 0 Å². The summed E-state index contributed by atoms with van der Waals surface area (Å²) >= 11 is 0. The van der Waals surface area contributed by atoms with E-state index in [2.05, 4.69) is 16.7 Å². The van der Waals surface area contributed by atoms with E-state index in [0.29, 0.717) is 18.9 Å². The molecule has 0 aromatic heterocycles. The SMILES string of the molecule is N#CCCCCNCCCC(=O)NC1CC1. The molecule has 0 aromatic carbocycles. The summed E-state index contributed by atoms with van der Waals surface area (Å²) in [5, 5.41) is 14.6. The van der Waals surface area contributed by atoms with Crippen LogP contribution in [0.4, 0.5) is 0 Å². The molecule has 1 fully saturated rings. The molecule has 4 heteroatoms. The normalized spacial score (nSPS) is 14.4. The van der Waals surface area contributed by atoms with E-state index in [9.17, 15) is 4.79 Å². The molecular formula is C12H21N3O. The van der Waals surface area contributed by atoms with Gasteiger partial charge in [-0.2, -0.15) is 5.26 Å². The van der Waals surface area contributed by atoms with E-state index < -0.39 is 0 Å². The molecule has 0 unspecified atom stereocenters. The van der Waals surface area contributed by atoms with Crippen LogP contribution in [0.25, 0.3) is 0 Å². The molecule has 0 aliphatic heterocycles.